The second kappa shape index (κ2) is 7.20. The van der Waals surface area contributed by atoms with Gasteiger partial charge in [0.25, 0.3) is 5.56 Å². The molecule has 0 atom stereocenters. The molecular formula is C17H21N5O2S. The van der Waals surface area contributed by atoms with Gasteiger partial charge in [0.05, 0.1) is 11.9 Å². The molecule has 1 aromatic heterocycles. The van der Waals surface area contributed by atoms with Crippen molar-refractivity contribution in [3.05, 3.63) is 50.5 Å². The van der Waals surface area contributed by atoms with Gasteiger partial charge in [-0.2, -0.15) is 5.10 Å². The lowest BCUT2D eigenvalue weighted by atomic mass is 10.2. The van der Waals surface area contributed by atoms with E-state index in [4.69, 9.17) is 12.2 Å². The van der Waals surface area contributed by atoms with Crippen molar-refractivity contribution in [2.24, 2.45) is 5.10 Å². The van der Waals surface area contributed by atoms with Crippen LogP contribution in [0.3, 0.4) is 0 Å². The third-order valence-corrected chi connectivity index (χ3v) is 4.59. The summed E-state index contributed by atoms with van der Waals surface area (Å²) in [4.78, 5) is 17.1. The van der Waals surface area contributed by atoms with Crippen LogP contribution >= 0.6 is 12.2 Å². The van der Waals surface area contributed by atoms with Gasteiger partial charge in [0.15, 0.2) is 4.77 Å². The lowest BCUT2D eigenvalue weighted by molar-refractivity contribution is 0.159. The lowest BCUT2D eigenvalue weighted by Gasteiger charge is -2.30. The van der Waals surface area contributed by atoms with E-state index in [0.29, 0.717) is 0 Å². The summed E-state index contributed by atoms with van der Waals surface area (Å²) in [5.41, 5.74) is 1.29. The zero-order chi connectivity index (χ0) is 18.0. The van der Waals surface area contributed by atoms with E-state index in [9.17, 15) is 9.90 Å². The van der Waals surface area contributed by atoms with Crippen molar-refractivity contribution in [2.45, 2.75) is 6.92 Å². The number of para-hydroxylation sites is 1. The second-order valence-corrected chi connectivity index (χ2v) is 6.51. The minimum absolute atomic E-state index is 0.0933. The molecule has 2 heterocycles. The molecule has 2 N–H and O–H groups in total. The number of H-pyrrole nitrogens is 1. The van der Waals surface area contributed by atoms with Gasteiger partial charge >= 0.3 is 0 Å². The highest BCUT2D eigenvalue weighted by molar-refractivity contribution is 7.71. The van der Waals surface area contributed by atoms with E-state index < -0.39 is 5.56 Å². The molecule has 0 bridgehead atoms. The van der Waals surface area contributed by atoms with Crippen molar-refractivity contribution >= 4 is 18.4 Å². The SMILES string of the molecule is Cc1ccccc1-n1c(O)c(C=NN2CCN(C)CC2)c(=O)[nH]c1=S. The third kappa shape index (κ3) is 3.64. The number of aromatic amines is 1. The van der Waals surface area contributed by atoms with Crippen LogP contribution in [0.2, 0.25) is 0 Å². The Labute approximate surface area is 150 Å². The number of hydrogen-bond donors (Lipinski definition) is 2. The molecule has 1 saturated heterocycles. The highest BCUT2D eigenvalue weighted by atomic mass is 32.1. The summed E-state index contributed by atoms with van der Waals surface area (Å²) in [6.07, 6.45) is 1.41. The monoisotopic (exact) mass is 359 g/mol. The molecule has 0 radical (unpaired) electrons. The molecule has 7 nitrogen and oxygen atoms in total. The van der Waals surface area contributed by atoms with Gasteiger partial charge in [0, 0.05) is 26.2 Å². The second-order valence-electron chi connectivity index (χ2n) is 6.12. The van der Waals surface area contributed by atoms with Crippen molar-refractivity contribution < 1.29 is 5.11 Å². The molecule has 0 spiro atoms. The Balaban J connectivity index is 2.01. The summed E-state index contributed by atoms with van der Waals surface area (Å²) in [7, 11) is 2.06. The molecule has 0 amide bonds. The maximum absolute atomic E-state index is 12.2. The van der Waals surface area contributed by atoms with Gasteiger partial charge in [-0.25, -0.2) is 0 Å². The molecule has 0 aliphatic carbocycles. The largest absolute Gasteiger partial charge is 0.494 e. The predicted octanol–water partition coefficient (Wildman–Crippen LogP) is 1.49. The molecule has 1 fully saturated rings. The van der Waals surface area contributed by atoms with Crippen LogP contribution in [0, 0.1) is 11.7 Å². The number of piperazine rings is 1. The first-order valence-corrected chi connectivity index (χ1v) is 8.50. The van der Waals surface area contributed by atoms with Gasteiger partial charge in [0.2, 0.25) is 5.88 Å². The van der Waals surface area contributed by atoms with Crippen LogP contribution in [-0.2, 0) is 0 Å². The van der Waals surface area contributed by atoms with Gasteiger partial charge < -0.3 is 10.0 Å². The zero-order valence-corrected chi connectivity index (χ0v) is 15.1. The lowest BCUT2D eigenvalue weighted by Crippen LogP contribution is -2.41. The van der Waals surface area contributed by atoms with E-state index in [1.165, 1.54) is 10.8 Å². The number of aryl methyl sites for hydroxylation is 1. The normalized spacial score (nSPS) is 15.8. The molecule has 1 aromatic carbocycles. The third-order valence-electron chi connectivity index (χ3n) is 4.31. The summed E-state index contributed by atoms with van der Waals surface area (Å²) in [5, 5.41) is 16.9. The molecule has 25 heavy (non-hydrogen) atoms. The molecule has 132 valence electrons. The Kier molecular flexibility index (Phi) is 5.00. The highest BCUT2D eigenvalue weighted by Crippen LogP contribution is 2.21. The Hall–Kier alpha value is -2.45. The van der Waals surface area contributed by atoms with Crippen LogP contribution in [0.25, 0.3) is 5.69 Å². The first kappa shape index (κ1) is 17.4. The van der Waals surface area contributed by atoms with E-state index in [1.54, 1.807) is 0 Å². The molecule has 0 saturated carbocycles. The number of hydrogen-bond acceptors (Lipinski definition) is 6. The smallest absolute Gasteiger partial charge is 0.264 e. The molecule has 8 heteroatoms. The summed E-state index contributed by atoms with van der Waals surface area (Å²) in [6, 6.07) is 7.51. The quantitative estimate of drug-likeness (QED) is 0.641. The Bertz CT molecular complexity index is 910. The number of likely N-dealkylation sites (N-methyl/N-ethyl adjacent to an activating group) is 1. The standard InChI is InChI=1S/C17H21N5O2S/c1-12-5-3-4-6-14(12)22-16(24)13(15(23)19-17(22)25)11-18-21-9-7-20(2)8-10-21/h3-6,11,24H,7-10H2,1-2H3,(H,19,23,25). The van der Waals surface area contributed by atoms with Crippen LogP contribution in [0.1, 0.15) is 11.1 Å². The van der Waals surface area contributed by atoms with Crippen molar-refractivity contribution in [1.82, 2.24) is 19.5 Å². The topological polar surface area (TPSA) is 76.9 Å². The molecule has 2 aromatic rings. The predicted molar refractivity (Wildman–Crippen MR) is 100 cm³/mol. The van der Waals surface area contributed by atoms with Crippen LogP contribution in [0.15, 0.2) is 34.2 Å². The van der Waals surface area contributed by atoms with E-state index in [0.717, 1.165) is 37.4 Å². The van der Waals surface area contributed by atoms with Crippen molar-refractivity contribution in [3.8, 4) is 11.6 Å². The fourth-order valence-electron chi connectivity index (χ4n) is 2.74. The van der Waals surface area contributed by atoms with Crippen LogP contribution < -0.4 is 5.56 Å². The summed E-state index contributed by atoms with van der Waals surface area (Å²) < 4.78 is 1.60. The molecule has 3 rings (SSSR count). The van der Waals surface area contributed by atoms with E-state index in [1.807, 2.05) is 36.2 Å². The van der Waals surface area contributed by atoms with E-state index in [-0.39, 0.29) is 16.2 Å². The van der Waals surface area contributed by atoms with Crippen molar-refractivity contribution in [1.29, 1.82) is 0 Å². The highest BCUT2D eigenvalue weighted by Gasteiger charge is 2.15. The summed E-state index contributed by atoms with van der Waals surface area (Å²) in [6.45, 7) is 5.30. The maximum Gasteiger partial charge on any atom is 0.264 e. The maximum atomic E-state index is 12.2. The average Bonchev–Trinajstić information content (AvgIpc) is 2.57. The number of nitrogens with zero attached hydrogens (tertiary/aromatic N) is 4. The molecular weight excluding hydrogens is 338 g/mol. The summed E-state index contributed by atoms with van der Waals surface area (Å²) in [5.74, 6) is -0.207. The van der Waals surface area contributed by atoms with Gasteiger partial charge in [-0.3, -0.25) is 19.4 Å². The minimum atomic E-state index is -0.454. The van der Waals surface area contributed by atoms with E-state index in [2.05, 4.69) is 22.0 Å². The minimum Gasteiger partial charge on any atom is -0.494 e. The molecule has 1 aliphatic rings. The van der Waals surface area contributed by atoms with Gasteiger partial charge in [-0.05, 0) is 37.8 Å². The molecule has 1 aliphatic heterocycles. The number of aromatic hydroxyl groups is 1. The van der Waals surface area contributed by atoms with Crippen LogP contribution in [-0.4, -0.2) is 64.0 Å². The van der Waals surface area contributed by atoms with Crippen molar-refractivity contribution in [2.75, 3.05) is 33.2 Å². The zero-order valence-electron chi connectivity index (χ0n) is 14.3. The fourth-order valence-corrected chi connectivity index (χ4v) is 3.02. The fraction of sp³-hybridized carbons (Fsp3) is 0.353. The number of nitrogens with one attached hydrogen (secondary N) is 1. The number of rotatable bonds is 3. The van der Waals surface area contributed by atoms with Crippen LogP contribution in [0.5, 0.6) is 5.88 Å². The first-order valence-electron chi connectivity index (χ1n) is 8.09. The van der Waals surface area contributed by atoms with Gasteiger partial charge in [-0.1, -0.05) is 18.2 Å². The number of hydrazone groups is 1. The van der Waals surface area contributed by atoms with Gasteiger partial charge in [-0.15, -0.1) is 0 Å². The van der Waals surface area contributed by atoms with Crippen LogP contribution in [0.4, 0.5) is 0 Å². The number of benzene rings is 1. The Morgan fingerprint density at radius 1 is 1.24 bits per heavy atom. The average molecular weight is 359 g/mol. The van der Waals surface area contributed by atoms with Crippen molar-refractivity contribution in [3.63, 3.8) is 0 Å². The Morgan fingerprint density at radius 2 is 1.92 bits per heavy atom. The van der Waals surface area contributed by atoms with Gasteiger partial charge in [0.1, 0.15) is 5.56 Å². The van der Waals surface area contributed by atoms with E-state index >= 15 is 0 Å². The summed E-state index contributed by atoms with van der Waals surface area (Å²) >= 11 is 5.24. The Morgan fingerprint density at radius 3 is 2.60 bits per heavy atom. The number of aromatic nitrogens is 2. The first-order chi connectivity index (χ1) is 12.0. The molecule has 0 unspecified atom stereocenters.